The van der Waals surface area contributed by atoms with E-state index in [1.807, 2.05) is 49.4 Å². The van der Waals surface area contributed by atoms with Gasteiger partial charge in [0.05, 0.1) is 17.5 Å². The van der Waals surface area contributed by atoms with Crippen LogP contribution in [-0.2, 0) is 0 Å². The van der Waals surface area contributed by atoms with E-state index in [9.17, 15) is 4.79 Å². The lowest BCUT2D eigenvalue weighted by Crippen LogP contribution is -2.10. The van der Waals surface area contributed by atoms with Gasteiger partial charge in [0.1, 0.15) is 5.75 Å². The second-order valence-corrected chi connectivity index (χ2v) is 5.93. The Morgan fingerprint density at radius 1 is 1.14 bits per heavy atom. The van der Waals surface area contributed by atoms with E-state index in [1.165, 1.54) is 11.8 Å². The Hall–Kier alpha value is -2.27. The van der Waals surface area contributed by atoms with E-state index in [4.69, 9.17) is 4.74 Å². The number of aromatic amines is 1. The highest BCUT2D eigenvalue weighted by Gasteiger charge is 2.04. The largest absolute Gasteiger partial charge is 0.492 e. The van der Waals surface area contributed by atoms with Crippen LogP contribution in [0.3, 0.4) is 0 Å². The molecule has 1 N–H and O–H groups in total. The summed E-state index contributed by atoms with van der Waals surface area (Å²) in [6, 6.07) is 15.3. The highest BCUT2D eigenvalue weighted by Crippen LogP contribution is 2.18. The van der Waals surface area contributed by atoms with Gasteiger partial charge in [-0.3, -0.25) is 4.79 Å². The number of para-hydroxylation sites is 2. The summed E-state index contributed by atoms with van der Waals surface area (Å²) in [5.74, 6) is 1.61. The van der Waals surface area contributed by atoms with Crippen LogP contribution in [0.15, 0.2) is 58.5 Å². The van der Waals surface area contributed by atoms with E-state index in [1.54, 1.807) is 6.07 Å². The van der Waals surface area contributed by atoms with Crippen LogP contribution in [0.5, 0.6) is 5.75 Å². The van der Waals surface area contributed by atoms with Gasteiger partial charge in [-0.05, 0) is 30.7 Å². The molecule has 0 atom stereocenters. The predicted molar refractivity (Wildman–Crippen MR) is 89.8 cm³/mol. The predicted octanol–water partition coefficient (Wildman–Crippen LogP) is 3.40. The number of benzene rings is 2. The fraction of sp³-hybridized carbons (Fsp3) is 0.176. The molecule has 0 fully saturated rings. The molecular formula is C17H16N2O2S. The van der Waals surface area contributed by atoms with Crippen LogP contribution in [0.25, 0.3) is 10.9 Å². The van der Waals surface area contributed by atoms with Gasteiger partial charge in [-0.15, -0.1) is 0 Å². The number of fused-ring (bicyclic) bond motifs is 1. The Kier molecular flexibility index (Phi) is 4.44. The number of hydrogen-bond donors (Lipinski definition) is 1. The van der Waals surface area contributed by atoms with E-state index in [0.29, 0.717) is 22.7 Å². The van der Waals surface area contributed by atoms with Gasteiger partial charge in [-0.25, -0.2) is 4.98 Å². The lowest BCUT2D eigenvalue weighted by Gasteiger charge is -2.08. The SMILES string of the molecule is Cc1ccccc1OCCSc1nc2ccccc2c(=O)[nH]1. The number of aromatic nitrogens is 2. The summed E-state index contributed by atoms with van der Waals surface area (Å²) in [6.07, 6.45) is 0. The molecule has 0 spiro atoms. The van der Waals surface area contributed by atoms with Crippen LogP contribution in [0, 0.1) is 6.92 Å². The smallest absolute Gasteiger partial charge is 0.259 e. The highest BCUT2D eigenvalue weighted by atomic mass is 32.2. The Morgan fingerprint density at radius 2 is 1.91 bits per heavy atom. The first-order valence-corrected chi connectivity index (χ1v) is 8.03. The summed E-state index contributed by atoms with van der Waals surface area (Å²) >= 11 is 1.48. The molecule has 2 aromatic carbocycles. The molecule has 0 radical (unpaired) electrons. The van der Waals surface area contributed by atoms with Crippen molar-refractivity contribution in [3.05, 3.63) is 64.4 Å². The number of H-pyrrole nitrogens is 1. The van der Waals surface area contributed by atoms with Crippen molar-refractivity contribution in [3.8, 4) is 5.75 Å². The third-order valence-corrected chi connectivity index (χ3v) is 4.10. The van der Waals surface area contributed by atoms with Gasteiger partial charge in [-0.1, -0.05) is 42.1 Å². The lowest BCUT2D eigenvalue weighted by molar-refractivity contribution is 0.341. The quantitative estimate of drug-likeness (QED) is 0.446. The lowest BCUT2D eigenvalue weighted by atomic mass is 10.2. The Labute approximate surface area is 132 Å². The second kappa shape index (κ2) is 6.66. The Morgan fingerprint density at radius 3 is 2.77 bits per heavy atom. The summed E-state index contributed by atoms with van der Waals surface area (Å²) < 4.78 is 5.74. The summed E-state index contributed by atoms with van der Waals surface area (Å²) in [6.45, 7) is 2.58. The number of hydrogen-bond acceptors (Lipinski definition) is 4. The zero-order chi connectivity index (χ0) is 15.4. The van der Waals surface area contributed by atoms with E-state index >= 15 is 0 Å². The van der Waals surface area contributed by atoms with Crippen molar-refractivity contribution in [2.45, 2.75) is 12.1 Å². The molecule has 0 aliphatic heterocycles. The molecule has 3 aromatic rings. The topological polar surface area (TPSA) is 55.0 Å². The van der Waals surface area contributed by atoms with Crippen LogP contribution < -0.4 is 10.3 Å². The third-order valence-electron chi connectivity index (χ3n) is 3.26. The highest BCUT2D eigenvalue weighted by molar-refractivity contribution is 7.99. The monoisotopic (exact) mass is 312 g/mol. The number of thioether (sulfide) groups is 1. The first-order valence-electron chi connectivity index (χ1n) is 7.04. The van der Waals surface area contributed by atoms with Gasteiger partial charge in [-0.2, -0.15) is 0 Å². The maximum atomic E-state index is 12.0. The molecule has 1 heterocycles. The number of ether oxygens (including phenoxy) is 1. The zero-order valence-corrected chi connectivity index (χ0v) is 13.0. The van der Waals surface area contributed by atoms with E-state index in [-0.39, 0.29) is 5.56 Å². The number of nitrogens with one attached hydrogen (secondary N) is 1. The summed E-state index contributed by atoms with van der Waals surface area (Å²) in [4.78, 5) is 19.2. The van der Waals surface area contributed by atoms with Crippen LogP contribution in [0.4, 0.5) is 0 Å². The van der Waals surface area contributed by atoms with Crippen LogP contribution in [0.1, 0.15) is 5.56 Å². The van der Waals surface area contributed by atoms with Crippen LogP contribution in [0.2, 0.25) is 0 Å². The van der Waals surface area contributed by atoms with Crippen LogP contribution >= 0.6 is 11.8 Å². The van der Waals surface area contributed by atoms with Gasteiger partial charge >= 0.3 is 0 Å². The van der Waals surface area contributed by atoms with Crippen LogP contribution in [-0.4, -0.2) is 22.3 Å². The molecule has 22 heavy (non-hydrogen) atoms. The van der Waals surface area contributed by atoms with Crippen molar-refractivity contribution in [1.82, 2.24) is 9.97 Å². The molecule has 0 saturated carbocycles. The molecule has 0 aliphatic carbocycles. The van der Waals surface area contributed by atoms with Crippen molar-refractivity contribution < 1.29 is 4.74 Å². The number of aryl methyl sites for hydroxylation is 1. The first-order chi connectivity index (χ1) is 10.7. The minimum atomic E-state index is -0.104. The number of rotatable bonds is 5. The standard InChI is InChI=1S/C17H16N2O2S/c1-12-6-2-5-9-15(12)21-10-11-22-17-18-14-8-4-3-7-13(14)16(20)19-17/h2-9H,10-11H2,1H3,(H,18,19,20). The van der Waals surface area contributed by atoms with Gasteiger partial charge in [0, 0.05) is 5.75 Å². The molecule has 1 aromatic heterocycles. The minimum absolute atomic E-state index is 0.104. The molecule has 0 saturated heterocycles. The molecule has 0 bridgehead atoms. The van der Waals surface area contributed by atoms with Gasteiger partial charge in [0.15, 0.2) is 5.16 Å². The van der Waals surface area contributed by atoms with Crippen molar-refractivity contribution in [1.29, 1.82) is 0 Å². The van der Waals surface area contributed by atoms with Crippen molar-refractivity contribution in [2.75, 3.05) is 12.4 Å². The van der Waals surface area contributed by atoms with Gasteiger partial charge < -0.3 is 9.72 Å². The minimum Gasteiger partial charge on any atom is -0.492 e. The van der Waals surface area contributed by atoms with Crippen molar-refractivity contribution in [3.63, 3.8) is 0 Å². The average Bonchev–Trinajstić information content (AvgIpc) is 2.53. The maximum Gasteiger partial charge on any atom is 0.259 e. The third kappa shape index (κ3) is 3.31. The second-order valence-electron chi connectivity index (χ2n) is 4.85. The normalized spacial score (nSPS) is 10.8. The summed E-state index contributed by atoms with van der Waals surface area (Å²) in [5, 5.41) is 1.24. The number of nitrogens with zero attached hydrogens (tertiary/aromatic N) is 1. The van der Waals surface area contributed by atoms with E-state index in [2.05, 4.69) is 9.97 Å². The zero-order valence-electron chi connectivity index (χ0n) is 12.2. The average molecular weight is 312 g/mol. The van der Waals surface area contributed by atoms with Gasteiger partial charge in [0.2, 0.25) is 0 Å². The molecule has 0 unspecified atom stereocenters. The molecule has 3 rings (SSSR count). The molecule has 0 amide bonds. The molecule has 4 nitrogen and oxygen atoms in total. The van der Waals surface area contributed by atoms with Crippen molar-refractivity contribution >= 4 is 22.7 Å². The van der Waals surface area contributed by atoms with Crippen molar-refractivity contribution in [2.24, 2.45) is 0 Å². The van der Waals surface area contributed by atoms with Gasteiger partial charge in [0.25, 0.3) is 5.56 Å². The maximum absolute atomic E-state index is 12.0. The molecule has 112 valence electrons. The summed E-state index contributed by atoms with van der Waals surface area (Å²) in [7, 11) is 0. The van der Waals surface area contributed by atoms with E-state index < -0.39 is 0 Å². The summed E-state index contributed by atoms with van der Waals surface area (Å²) in [5.41, 5.74) is 1.73. The Balaban J connectivity index is 1.62. The fourth-order valence-electron chi connectivity index (χ4n) is 2.14. The molecule has 0 aliphatic rings. The fourth-order valence-corrected chi connectivity index (χ4v) is 2.83. The van der Waals surface area contributed by atoms with E-state index in [0.717, 1.165) is 17.1 Å². The molecular weight excluding hydrogens is 296 g/mol. The first kappa shape index (κ1) is 14.7. The molecule has 5 heteroatoms. The Bertz CT molecular complexity index is 845.